The summed E-state index contributed by atoms with van der Waals surface area (Å²) in [5.74, 6) is -1.25. The van der Waals surface area contributed by atoms with Crippen LogP contribution in [0, 0.1) is 0 Å². The minimum absolute atomic E-state index is 0.295. The third-order valence-electron chi connectivity index (χ3n) is 1.61. The first-order valence-corrected chi connectivity index (χ1v) is 4.23. The van der Waals surface area contributed by atoms with Crippen LogP contribution in [0.4, 0.5) is 0 Å². The molecule has 0 aromatic heterocycles. The topological polar surface area (TPSA) is 80.4 Å². The van der Waals surface area contributed by atoms with E-state index in [1.165, 1.54) is 0 Å². The number of thioether (sulfide) groups is 1. The van der Waals surface area contributed by atoms with Gasteiger partial charge < -0.3 is 10.8 Å². The number of carboxylic acid groups (broad SMARTS) is 1. The van der Waals surface area contributed by atoms with Gasteiger partial charge in [0.15, 0.2) is 0 Å². The molecule has 11 heavy (non-hydrogen) atoms. The van der Waals surface area contributed by atoms with E-state index in [2.05, 4.69) is 0 Å². The SMILES string of the molecule is NC(=O)[C@H]1CC[C@H](C(=O)O)S1. The number of hydrogen-bond acceptors (Lipinski definition) is 3. The van der Waals surface area contributed by atoms with Crippen molar-refractivity contribution in [3.05, 3.63) is 0 Å². The van der Waals surface area contributed by atoms with Gasteiger partial charge in [0, 0.05) is 0 Å². The van der Waals surface area contributed by atoms with Crippen LogP contribution in [0.25, 0.3) is 0 Å². The molecule has 1 aliphatic heterocycles. The van der Waals surface area contributed by atoms with E-state index in [4.69, 9.17) is 10.8 Å². The lowest BCUT2D eigenvalue weighted by Crippen LogP contribution is -2.23. The van der Waals surface area contributed by atoms with Crippen molar-refractivity contribution in [2.45, 2.75) is 23.3 Å². The van der Waals surface area contributed by atoms with Gasteiger partial charge in [-0.2, -0.15) is 0 Å². The van der Waals surface area contributed by atoms with Gasteiger partial charge in [0.1, 0.15) is 5.25 Å². The predicted molar refractivity (Wildman–Crippen MR) is 41.2 cm³/mol. The average Bonchev–Trinajstić information content (AvgIpc) is 2.33. The van der Waals surface area contributed by atoms with E-state index in [0.29, 0.717) is 12.8 Å². The van der Waals surface area contributed by atoms with Crippen molar-refractivity contribution in [2.75, 3.05) is 0 Å². The van der Waals surface area contributed by atoms with Crippen molar-refractivity contribution < 1.29 is 14.7 Å². The molecule has 0 saturated carbocycles. The van der Waals surface area contributed by atoms with Crippen LogP contribution in [0.2, 0.25) is 0 Å². The Balaban J connectivity index is 2.47. The fourth-order valence-corrected chi connectivity index (χ4v) is 2.22. The summed E-state index contributed by atoms with van der Waals surface area (Å²) in [4.78, 5) is 21.0. The second-order valence-corrected chi connectivity index (χ2v) is 3.84. The van der Waals surface area contributed by atoms with E-state index in [1.807, 2.05) is 0 Å². The van der Waals surface area contributed by atoms with E-state index in [0.717, 1.165) is 11.8 Å². The number of primary amides is 1. The number of carbonyl (C=O) groups excluding carboxylic acids is 1. The summed E-state index contributed by atoms with van der Waals surface area (Å²) in [5.41, 5.74) is 5.01. The highest BCUT2D eigenvalue weighted by Crippen LogP contribution is 2.33. The number of nitrogens with two attached hydrogens (primary N) is 1. The fourth-order valence-electron chi connectivity index (χ4n) is 1.03. The standard InChI is InChI=1S/C6H9NO3S/c7-5(8)3-1-2-4(11-3)6(9)10/h3-4H,1-2H2,(H2,7,8)(H,9,10)/t3-,4-/m1/s1. The summed E-state index contributed by atoms with van der Waals surface area (Å²) < 4.78 is 0. The lowest BCUT2D eigenvalue weighted by molar-refractivity contribution is -0.136. The van der Waals surface area contributed by atoms with Gasteiger partial charge in [-0.1, -0.05) is 0 Å². The molecule has 3 N–H and O–H groups in total. The molecular formula is C6H9NO3S. The fraction of sp³-hybridized carbons (Fsp3) is 0.667. The Labute approximate surface area is 68.1 Å². The molecule has 2 atom stereocenters. The van der Waals surface area contributed by atoms with Crippen LogP contribution in [-0.2, 0) is 9.59 Å². The average molecular weight is 175 g/mol. The summed E-state index contributed by atoms with van der Waals surface area (Å²) in [6, 6.07) is 0. The van der Waals surface area contributed by atoms with Crippen molar-refractivity contribution in [3.8, 4) is 0 Å². The second-order valence-electron chi connectivity index (χ2n) is 2.43. The van der Waals surface area contributed by atoms with Crippen LogP contribution >= 0.6 is 11.8 Å². The normalized spacial score (nSPS) is 30.2. The number of aliphatic carboxylic acids is 1. The highest BCUT2D eigenvalue weighted by molar-refractivity contribution is 8.02. The van der Waals surface area contributed by atoms with E-state index in [1.54, 1.807) is 0 Å². The zero-order valence-corrected chi connectivity index (χ0v) is 6.63. The molecule has 4 nitrogen and oxygen atoms in total. The molecule has 1 saturated heterocycles. The largest absolute Gasteiger partial charge is 0.480 e. The van der Waals surface area contributed by atoms with Crippen LogP contribution in [0.3, 0.4) is 0 Å². The molecule has 62 valence electrons. The first-order valence-electron chi connectivity index (χ1n) is 3.29. The Morgan fingerprint density at radius 3 is 2.18 bits per heavy atom. The molecule has 1 aliphatic rings. The molecule has 0 radical (unpaired) electrons. The lowest BCUT2D eigenvalue weighted by atomic mass is 10.2. The van der Waals surface area contributed by atoms with Gasteiger partial charge in [-0.05, 0) is 12.8 Å². The Bertz CT molecular complexity index is 174. The smallest absolute Gasteiger partial charge is 0.316 e. The number of amides is 1. The van der Waals surface area contributed by atoms with Crippen LogP contribution in [-0.4, -0.2) is 27.5 Å². The molecule has 0 aliphatic carbocycles. The molecule has 1 rings (SSSR count). The maximum Gasteiger partial charge on any atom is 0.316 e. The quantitative estimate of drug-likeness (QED) is 0.610. The molecule has 1 fully saturated rings. The summed E-state index contributed by atoms with van der Waals surface area (Å²) >= 11 is 1.15. The molecule has 1 amide bonds. The molecule has 0 aromatic rings. The van der Waals surface area contributed by atoms with Crippen molar-refractivity contribution in [2.24, 2.45) is 5.73 Å². The molecule has 1 heterocycles. The summed E-state index contributed by atoms with van der Waals surface area (Å²) in [6.07, 6.45) is 1.14. The zero-order valence-electron chi connectivity index (χ0n) is 5.82. The van der Waals surface area contributed by atoms with Gasteiger partial charge >= 0.3 is 5.97 Å². The monoisotopic (exact) mass is 175 g/mol. The third-order valence-corrected chi connectivity index (χ3v) is 3.17. The summed E-state index contributed by atoms with van der Waals surface area (Å²) in [6.45, 7) is 0. The maximum atomic E-state index is 10.6. The van der Waals surface area contributed by atoms with Crippen molar-refractivity contribution in [3.63, 3.8) is 0 Å². The van der Waals surface area contributed by atoms with Crippen LogP contribution in [0.15, 0.2) is 0 Å². The van der Waals surface area contributed by atoms with Crippen LogP contribution in [0.1, 0.15) is 12.8 Å². The summed E-state index contributed by atoms with van der Waals surface area (Å²) in [5, 5.41) is 7.81. The van der Waals surface area contributed by atoms with E-state index in [-0.39, 0.29) is 5.25 Å². The number of carboxylic acids is 1. The van der Waals surface area contributed by atoms with Crippen LogP contribution in [0.5, 0.6) is 0 Å². The van der Waals surface area contributed by atoms with Gasteiger partial charge in [0.25, 0.3) is 0 Å². The number of hydrogen-bond donors (Lipinski definition) is 2. The minimum atomic E-state index is -0.848. The van der Waals surface area contributed by atoms with Gasteiger partial charge in [0.2, 0.25) is 5.91 Å². The van der Waals surface area contributed by atoms with E-state index >= 15 is 0 Å². The van der Waals surface area contributed by atoms with Crippen LogP contribution < -0.4 is 5.73 Å². The first kappa shape index (κ1) is 8.39. The number of carbonyl (C=O) groups is 2. The van der Waals surface area contributed by atoms with Crippen molar-refractivity contribution in [1.29, 1.82) is 0 Å². The molecule has 5 heteroatoms. The molecule has 0 unspecified atom stereocenters. The lowest BCUT2D eigenvalue weighted by Gasteiger charge is -2.02. The molecule has 0 spiro atoms. The van der Waals surface area contributed by atoms with Gasteiger partial charge in [-0.3, -0.25) is 9.59 Å². The Morgan fingerprint density at radius 2 is 1.91 bits per heavy atom. The second kappa shape index (κ2) is 3.13. The van der Waals surface area contributed by atoms with Gasteiger partial charge in [0.05, 0.1) is 5.25 Å². The third kappa shape index (κ3) is 1.86. The minimum Gasteiger partial charge on any atom is -0.480 e. The Morgan fingerprint density at radius 1 is 1.36 bits per heavy atom. The van der Waals surface area contributed by atoms with E-state index < -0.39 is 17.1 Å². The zero-order chi connectivity index (χ0) is 8.43. The Hall–Kier alpha value is -0.710. The maximum absolute atomic E-state index is 10.6. The van der Waals surface area contributed by atoms with Crippen molar-refractivity contribution >= 4 is 23.6 Å². The number of rotatable bonds is 2. The van der Waals surface area contributed by atoms with Gasteiger partial charge in [-0.15, -0.1) is 11.8 Å². The molecular weight excluding hydrogens is 166 g/mol. The first-order chi connectivity index (χ1) is 5.11. The van der Waals surface area contributed by atoms with Gasteiger partial charge in [-0.25, -0.2) is 0 Å². The van der Waals surface area contributed by atoms with Crippen molar-refractivity contribution in [1.82, 2.24) is 0 Å². The van der Waals surface area contributed by atoms with E-state index in [9.17, 15) is 9.59 Å². The summed E-state index contributed by atoms with van der Waals surface area (Å²) in [7, 11) is 0. The molecule has 0 bridgehead atoms. The highest BCUT2D eigenvalue weighted by Gasteiger charge is 2.33. The molecule has 0 aromatic carbocycles. The Kier molecular flexibility index (Phi) is 2.38. The highest BCUT2D eigenvalue weighted by atomic mass is 32.2. The predicted octanol–water partition coefficient (Wildman–Crippen LogP) is -0.180.